The standard InChI is InChI=1S/C15H20N4O/c16-14-13(15(17)20)19-11(6-18-14)12-9-2-7-1-8(4-9)5-10(12)3-7/h6-10,12H,1-5H2,(H2,16,18)(H2,17,20). The van der Waals surface area contributed by atoms with E-state index in [-0.39, 0.29) is 11.5 Å². The van der Waals surface area contributed by atoms with Gasteiger partial charge in [-0.25, -0.2) is 9.97 Å². The van der Waals surface area contributed by atoms with Gasteiger partial charge < -0.3 is 11.5 Å². The van der Waals surface area contributed by atoms with E-state index in [1.54, 1.807) is 6.20 Å². The van der Waals surface area contributed by atoms with Crippen molar-refractivity contribution in [3.63, 3.8) is 0 Å². The van der Waals surface area contributed by atoms with E-state index in [0.29, 0.717) is 17.8 Å². The number of hydrogen-bond donors (Lipinski definition) is 2. The fourth-order valence-corrected chi connectivity index (χ4v) is 5.16. The second-order valence-corrected chi connectivity index (χ2v) is 6.85. The van der Waals surface area contributed by atoms with E-state index in [2.05, 4.69) is 9.97 Å². The van der Waals surface area contributed by atoms with Gasteiger partial charge in [-0.1, -0.05) is 0 Å². The maximum atomic E-state index is 11.4. The Balaban J connectivity index is 1.71. The van der Waals surface area contributed by atoms with Gasteiger partial charge in [0, 0.05) is 5.92 Å². The molecular formula is C15H20N4O. The maximum Gasteiger partial charge on any atom is 0.271 e. The molecule has 1 aromatic rings. The van der Waals surface area contributed by atoms with Gasteiger partial charge in [-0.15, -0.1) is 0 Å². The van der Waals surface area contributed by atoms with E-state index < -0.39 is 5.91 Å². The molecule has 1 aromatic heterocycles. The van der Waals surface area contributed by atoms with Crippen LogP contribution in [0.2, 0.25) is 0 Å². The van der Waals surface area contributed by atoms with Crippen LogP contribution in [-0.4, -0.2) is 15.9 Å². The van der Waals surface area contributed by atoms with Gasteiger partial charge in [-0.3, -0.25) is 4.79 Å². The maximum absolute atomic E-state index is 11.4. The summed E-state index contributed by atoms with van der Waals surface area (Å²) in [5, 5.41) is 0. The Hall–Kier alpha value is -1.65. The molecule has 0 atom stereocenters. The van der Waals surface area contributed by atoms with E-state index in [4.69, 9.17) is 11.5 Å². The lowest BCUT2D eigenvalue weighted by molar-refractivity contribution is -0.00431. The van der Waals surface area contributed by atoms with Gasteiger partial charge in [-0.2, -0.15) is 0 Å². The minimum absolute atomic E-state index is 0.135. The molecule has 4 saturated carbocycles. The van der Waals surface area contributed by atoms with Crippen molar-refractivity contribution in [1.82, 2.24) is 9.97 Å². The molecule has 4 fully saturated rings. The quantitative estimate of drug-likeness (QED) is 0.856. The van der Waals surface area contributed by atoms with Crippen LogP contribution in [0, 0.1) is 23.7 Å². The molecule has 0 radical (unpaired) electrons. The topological polar surface area (TPSA) is 94.9 Å². The van der Waals surface area contributed by atoms with Crippen molar-refractivity contribution in [2.75, 3.05) is 5.73 Å². The van der Waals surface area contributed by atoms with Crippen LogP contribution < -0.4 is 11.5 Å². The molecule has 5 rings (SSSR count). The van der Waals surface area contributed by atoms with Gasteiger partial charge in [0.1, 0.15) is 0 Å². The highest BCUT2D eigenvalue weighted by molar-refractivity contribution is 5.94. The van der Waals surface area contributed by atoms with Crippen molar-refractivity contribution in [1.29, 1.82) is 0 Å². The zero-order chi connectivity index (χ0) is 13.9. The highest BCUT2D eigenvalue weighted by atomic mass is 16.1. The van der Waals surface area contributed by atoms with E-state index in [0.717, 1.165) is 17.5 Å². The number of hydrogen-bond acceptors (Lipinski definition) is 4. The van der Waals surface area contributed by atoms with Crippen molar-refractivity contribution >= 4 is 11.7 Å². The highest BCUT2D eigenvalue weighted by Crippen LogP contribution is 2.59. The molecule has 0 unspecified atom stereocenters. The lowest BCUT2D eigenvalue weighted by atomic mass is 9.51. The van der Waals surface area contributed by atoms with E-state index in [9.17, 15) is 4.79 Å². The molecule has 0 saturated heterocycles. The number of anilines is 1. The summed E-state index contributed by atoms with van der Waals surface area (Å²) in [7, 11) is 0. The Bertz CT molecular complexity index is 543. The number of primary amides is 1. The third-order valence-electron chi connectivity index (χ3n) is 5.62. The highest BCUT2D eigenvalue weighted by Gasteiger charge is 2.49. The zero-order valence-corrected chi connectivity index (χ0v) is 11.5. The summed E-state index contributed by atoms with van der Waals surface area (Å²) in [6.07, 6.45) is 8.45. The van der Waals surface area contributed by atoms with Crippen LogP contribution in [-0.2, 0) is 0 Å². The summed E-state index contributed by atoms with van der Waals surface area (Å²) < 4.78 is 0. The molecular weight excluding hydrogens is 252 g/mol. The number of nitrogen functional groups attached to an aromatic ring is 1. The number of aromatic nitrogens is 2. The van der Waals surface area contributed by atoms with Crippen LogP contribution in [0.5, 0.6) is 0 Å². The van der Waals surface area contributed by atoms with Crippen molar-refractivity contribution < 1.29 is 4.79 Å². The molecule has 4 aliphatic rings. The molecule has 4 aliphatic carbocycles. The number of amides is 1. The number of carbonyl (C=O) groups is 1. The first kappa shape index (κ1) is 12.1. The summed E-state index contributed by atoms with van der Waals surface area (Å²) in [6.45, 7) is 0. The van der Waals surface area contributed by atoms with Crippen LogP contribution in [0.15, 0.2) is 6.20 Å². The molecule has 106 valence electrons. The first-order valence-electron chi connectivity index (χ1n) is 7.54. The molecule has 5 heteroatoms. The van der Waals surface area contributed by atoms with Gasteiger partial charge in [0.2, 0.25) is 0 Å². The summed E-state index contributed by atoms with van der Waals surface area (Å²) in [5.74, 6) is 3.28. The fraction of sp³-hybridized carbons (Fsp3) is 0.667. The third-order valence-corrected chi connectivity index (χ3v) is 5.62. The molecule has 4 N–H and O–H groups in total. The van der Waals surface area contributed by atoms with Crippen LogP contribution in [0.3, 0.4) is 0 Å². The van der Waals surface area contributed by atoms with Crippen LogP contribution in [0.1, 0.15) is 54.2 Å². The average molecular weight is 272 g/mol. The van der Waals surface area contributed by atoms with Crippen molar-refractivity contribution in [3.05, 3.63) is 17.6 Å². The van der Waals surface area contributed by atoms with E-state index in [1.807, 2.05) is 0 Å². The lowest BCUT2D eigenvalue weighted by Crippen LogP contribution is -2.44. The Morgan fingerprint density at radius 1 is 1.10 bits per heavy atom. The van der Waals surface area contributed by atoms with Crippen molar-refractivity contribution in [2.24, 2.45) is 29.4 Å². The number of nitrogens with zero attached hydrogens (tertiary/aromatic N) is 2. The van der Waals surface area contributed by atoms with Gasteiger partial charge in [0.25, 0.3) is 5.91 Å². The van der Waals surface area contributed by atoms with Crippen molar-refractivity contribution in [2.45, 2.75) is 38.0 Å². The van der Waals surface area contributed by atoms with Gasteiger partial charge >= 0.3 is 0 Å². The predicted octanol–water partition coefficient (Wildman–Crippen LogP) is 1.70. The summed E-state index contributed by atoms with van der Waals surface area (Å²) in [5.41, 5.74) is 12.1. The molecule has 0 aromatic carbocycles. The van der Waals surface area contributed by atoms with Gasteiger partial charge in [0.15, 0.2) is 11.5 Å². The fourth-order valence-electron chi connectivity index (χ4n) is 5.16. The molecule has 0 spiro atoms. The predicted molar refractivity (Wildman–Crippen MR) is 74.7 cm³/mol. The molecule has 1 heterocycles. The largest absolute Gasteiger partial charge is 0.382 e. The Morgan fingerprint density at radius 3 is 2.25 bits per heavy atom. The van der Waals surface area contributed by atoms with Crippen molar-refractivity contribution in [3.8, 4) is 0 Å². The van der Waals surface area contributed by atoms with E-state index >= 15 is 0 Å². The Morgan fingerprint density at radius 2 is 1.70 bits per heavy atom. The van der Waals surface area contributed by atoms with Gasteiger partial charge in [-0.05, 0) is 55.8 Å². The van der Waals surface area contributed by atoms with Crippen LogP contribution in [0.25, 0.3) is 0 Å². The minimum atomic E-state index is -0.583. The smallest absolute Gasteiger partial charge is 0.271 e. The Labute approximate surface area is 118 Å². The number of nitrogens with two attached hydrogens (primary N) is 2. The zero-order valence-electron chi connectivity index (χ0n) is 11.5. The van der Waals surface area contributed by atoms with E-state index in [1.165, 1.54) is 32.1 Å². The number of rotatable bonds is 2. The third kappa shape index (κ3) is 1.72. The normalized spacial score (nSPS) is 38.1. The minimum Gasteiger partial charge on any atom is -0.382 e. The first-order chi connectivity index (χ1) is 9.61. The van der Waals surface area contributed by atoms with Gasteiger partial charge in [0.05, 0.1) is 11.9 Å². The Kier molecular flexibility index (Phi) is 2.53. The molecule has 0 aliphatic heterocycles. The second kappa shape index (κ2) is 4.17. The molecule has 20 heavy (non-hydrogen) atoms. The summed E-state index contributed by atoms with van der Waals surface area (Å²) >= 11 is 0. The summed E-state index contributed by atoms with van der Waals surface area (Å²) in [6, 6.07) is 0. The first-order valence-corrected chi connectivity index (χ1v) is 7.54. The van der Waals surface area contributed by atoms with Crippen LogP contribution in [0.4, 0.5) is 5.82 Å². The molecule has 4 bridgehead atoms. The second-order valence-electron chi connectivity index (χ2n) is 6.85. The van der Waals surface area contributed by atoms with Crippen LogP contribution >= 0.6 is 0 Å². The number of carbonyl (C=O) groups excluding carboxylic acids is 1. The lowest BCUT2D eigenvalue weighted by Gasteiger charge is -2.54. The average Bonchev–Trinajstić information content (AvgIpc) is 2.38. The molecule has 1 amide bonds. The molecule has 5 nitrogen and oxygen atoms in total. The monoisotopic (exact) mass is 272 g/mol. The SMILES string of the molecule is NC(=O)c1nc(C2C3CC4CC(C3)CC2C4)cnc1N. The summed E-state index contributed by atoms with van der Waals surface area (Å²) in [4.78, 5) is 20.0.